The van der Waals surface area contributed by atoms with Gasteiger partial charge < -0.3 is 9.88 Å². The van der Waals surface area contributed by atoms with Gasteiger partial charge >= 0.3 is 0 Å². The van der Waals surface area contributed by atoms with Gasteiger partial charge in [-0.05, 0) is 50.5 Å². The first-order chi connectivity index (χ1) is 10.1. The lowest BCUT2D eigenvalue weighted by Gasteiger charge is -2.39. The molecule has 0 saturated heterocycles. The molecule has 1 atom stereocenters. The minimum Gasteiger partial charge on any atom is -0.334 e. The minimum absolute atomic E-state index is 0.404. The largest absolute Gasteiger partial charge is 0.334 e. The Morgan fingerprint density at radius 2 is 2.00 bits per heavy atom. The Bertz CT molecular complexity index is 416. The van der Waals surface area contributed by atoms with Crippen LogP contribution in [0.15, 0.2) is 12.4 Å². The molecular weight excluding hydrogens is 258 g/mol. The van der Waals surface area contributed by atoms with Crippen LogP contribution in [0.25, 0.3) is 0 Å². The predicted molar refractivity (Wildman–Crippen MR) is 89.3 cm³/mol. The third kappa shape index (κ3) is 3.68. The SMILES string of the molecule is CCCNC(c1nccn1CC)C1(CC(C)C)CCCC1. The van der Waals surface area contributed by atoms with Crippen LogP contribution in [0.4, 0.5) is 0 Å². The van der Waals surface area contributed by atoms with Gasteiger partial charge in [-0.25, -0.2) is 4.98 Å². The van der Waals surface area contributed by atoms with E-state index in [2.05, 4.69) is 43.8 Å². The molecule has 2 rings (SSSR count). The zero-order chi connectivity index (χ0) is 15.3. The Morgan fingerprint density at radius 1 is 1.29 bits per heavy atom. The molecule has 1 saturated carbocycles. The summed E-state index contributed by atoms with van der Waals surface area (Å²) in [6.07, 6.45) is 12.1. The second kappa shape index (κ2) is 7.44. The highest BCUT2D eigenvalue weighted by Gasteiger charge is 2.43. The van der Waals surface area contributed by atoms with Crippen molar-refractivity contribution in [3.05, 3.63) is 18.2 Å². The van der Waals surface area contributed by atoms with Gasteiger partial charge in [-0.2, -0.15) is 0 Å². The van der Waals surface area contributed by atoms with Gasteiger partial charge in [0, 0.05) is 18.9 Å². The van der Waals surface area contributed by atoms with Crippen LogP contribution in [0.2, 0.25) is 0 Å². The molecule has 1 aromatic heterocycles. The van der Waals surface area contributed by atoms with Gasteiger partial charge in [0.25, 0.3) is 0 Å². The first-order valence-corrected chi connectivity index (χ1v) is 8.87. The van der Waals surface area contributed by atoms with Gasteiger partial charge in [-0.15, -0.1) is 0 Å². The maximum absolute atomic E-state index is 4.74. The van der Waals surface area contributed by atoms with E-state index in [1.165, 1.54) is 44.3 Å². The van der Waals surface area contributed by atoms with Crippen molar-refractivity contribution in [1.82, 2.24) is 14.9 Å². The van der Waals surface area contributed by atoms with Crippen LogP contribution in [-0.2, 0) is 6.54 Å². The van der Waals surface area contributed by atoms with Gasteiger partial charge in [0.1, 0.15) is 5.82 Å². The smallest absolute Gasteiger partial charge is 0.126 e. The molecule has 1 N–H and O–H groups in total. The van der Waals surface area contributed by atoms with E-state index < -0.39 is 0 Å². The summed E-state index contributed by atoms with van der Waals surface area (Å²) in [4.78, 5) is 4.74. The quantitative estimate of drug-likeness (QED) is 0.761. The van der Waals surface area contributed by atoms with Gasteiger partial charge in [0.15, 0.2) is 0 Å². The molecule has 1 aromatic rings. The number of imidazole rings is 1. The highest BCUT2D eigenvalue weighted by Crippen LogP contribution is 2.51. The average molecular weight is 291 g/mol. The summed E-state index contributed by atoms with van der Waals surface area (Å²) >= 11 is 0. The Balaban J connectivity index is 2.32. The van der Waals surface area contributed by atoms with Crippen LogP contribution in [0, 0.1) is 11.3 Å². The van der Waals surface area contributed by atoms with Gasteiger partial charge in [-0.1, -0.05) is 33.6 Å². The minimum atomic E-state index is 0.404. The standard InChI is InChI=1S/C18H33N3/c1-5-11-19-16(17-20-12-13-21(17)6-2)18(14-15(3)4)9-7-8-10-18/h12-13,15-16,19H,5-11,14H2,1-4H3. The average Bonchev–Trinajstić information content (AvgIpc) is 3.08. The Morgan fingerprint density at radius 3 is 2.57 bits per heavy atom. The van der Waals surface area contributed by atoms with Crippen LogP contribution < -0.4 is 5.32 Å². The highest BCUT2D eigenvalue weighted by atomic mass is 15.1. The second-order valence-corrected chi connectivity index (χ2v) is 7.13. The topological polar surface area (TPSA) is 29.9 Å². The molecule has 120 valence electrons. The number of aromatic nitrogens is 2. The molecule has 1 aliphatic carbocycles. The van der Waals surface area contributed by atoms with Crippen molar-refractivity contribution < 1.29 is 0 Å². The Hall–Kier alpha value is -0.830. The summed E-state index contributed by atoms with van der Waals surface area (Å²) in [5.41, 5.74) is 0.404. The molecule has 1 fully saturated rings. The van der Waals surface area contributed by atoms with Gasteiger partial charge in [0.2, 0.25) is 0 Å². The fraction of sp³-hybridized carbons (Fsp3) is 0.833. The van der Waals surface area contributed by atoms with E-state index in [4.69, 9.17) is 4.98 Å². The van der Waals surface area contributed by atoms with Crippen LogP contribution in [0.1, 0.15) is 78.1 Å². The van der Waals surface area contributed by atoms with Crippen molar-refractivity contribution in [2.24, 2.45) is 11.3 Å². The monoisotopic (exact) mass is 291 g/mol. The van der Waals surface area contributed by atoms with E-state index in [-0.39, 0.29) is 0 Å². The molecule has 3 nitrogen and oxygen atoms in total. The molecular formula is C18H33N3. The first kappa shape index (κ1) is 16.5. The van der Waals surface area contributed by atoms with Crippen molar-refractivity contribution in [2.75, 3.05) is 6.54 Å². The predicted octanol–water partition coefficient (Wildman–Crippen LogP) is 4.55. The lowest BCUT2D eigenvalue weighted by atomic mass is 9.72. The molecule has 1 aliphatic rings. The van der Waals surface area contributed by atoms with Crippen LogP contribution in [-0.4, -0.2) is 16.1 Å². The molecule has 1 heterocycles. The van der Waals surface area contributed by atoms with Gasteiger partial charge in [-0.3, -0.25) is 0 Å². The third-order valence-electron chi connectivity index (χ3n) is 4.97. The van der Waals surface area contributed by atoms with Crippen molar-refractivity contribution in [3.8, 4) is 0 Å². The highest BCUT2D eigenvalue weighted by molar-refractivity contribution is 5.08. The number of nitrogens with one attached hydrogen (secondary N) is 1. The summed E-state index contributed by atoms with van der Waals surface area (Å²) < 4.78 is 2.33. The number of aryl methyl sites for hydroxylation is 1. The zero-order valence-corrected chi connectivity index (χ0v) is 14.4. The van der Waals surface area contributed by atoms with Gasteiger partial charge in [0.05, 0.1) is 6.04 Å². The molecule has 0 bridgehead atoms. The molecule has 0 aliphatic heterocycles. The summed E-state index contributed by atoms with van der Waals surface area (Å²) in [7, 11) is 0. The molecule has 1 unspecified atom stereocenters. The maximum Gasteiger partial charge on any atom is 0.126 e. The summed E-state index contributed by atoms with van der Waals surface area (Å²) in [5, 5.41) is 3.85. The second-order valence-electron chi connectivity index (χ2n) is 7.13. The number of hydrogen-bond acceptors (Lipinski definition) is 2. The molecule has 0 amide bonds. The van der Waals surface area contributed by atoms with Crippen molar-refractivity contribution >= 4 is 0 Å². The number of hydrogen-bond donors (Lipinski definition) is 1. The summed E-state index contributed by atoms with van der Waals surface area (Å²) in [5.74, 6) is 2.01. The first-order valence-electron chi connectivity index (χ1n) is 8.87. The van der Waals surface area contributed by atoms with Crippen LogP contribution in [0.5, 0.6) is 0 Å². The maximum atomic E-state index is 4.74. The summed E-state index contributed by atoms with van der Waals surface area (Å²) in [6.45, 7) is 11.3. The molecule has 0 spiro atoms. The van der Waals surface area contributed by atoms with Crippen molar-refractivity contribution in [2.45, 2.75) is 78.8 Å². The van der Waals surface area contributed by atoms with Crippen LogP contribution in [0.3, 0.4) is 0 Å². The van der Waals surface area contributed by atoms with Crippen LogP contribution >= 0.6 is 0 Å². The lowest BCUT2D eigenvalue weighted by molar-refractivity contribution is 0.146. The molecule has 0 radical (unpaired) electrons. The Labute approximate surface area is 130 Å². The summed E-state index contributed by atoms with van der Waals surface area (Å²) in [6, 6.07) is 0.414. The van der Waals surface area contributed by atoms with Crippen molar-refractivity contribution in [3.63, 3.8) is 0 Å². The van der Waals surface area contributed by atoms with Crippen molar-refractivity contribution in [1.29, 1.82) is 0 Å². The fourth-order valence-corrected chi connectivity index (χ4v) is 4.22. The van der Waals surface area contributed by atoms with E-state index in [1.54, 1.807) is 0 Å². The van der Waals surface area contributed by atoms with E-state index in [9.17, 15) is 0 Å². The zero-order valence-electron chi connectivity index (χ0n) is 14.4. The van der Waals surface area contributed by atoms with E-state index in [1.807, 2.05) is 6.20 Å². The van der Waals surface area contributed by atoms with E-state index in [0.717, 1.165) is 19.0 Å². The van der Waals surface area contributed by atoms with E-state index >= 15 is 0 Å². The lowest BCUT2D eigenvalue weighted by Crippen LogP contribution is -2.39. The Kier molecular flexibility index (Phi) is 5.86. The molecule has 0 aromatic carbocycles. The fourth-order valence-electron chi connectivity index (χ4n) is 4.22. The number of nitrogens with zero attached hydrogens (tertiary/aromatic N) is 2. The third-order valence-corrected chi connectivity index (χ3v) is 4.97. The normalized spacial score (nSPS) is 19.3. The number of rotatable bonds is 8. The molecule has 3 heteroatoms. The molecule has 21 heavy (non-hydrogen) atoms. The van der Waals surface area contributed by atoms with E-state index in [0.29, 0.717) is 11.5 Å².